The second-order valence-electron chi connectivity index (χ2n) is 5.90. The summed E-state index contributed by atoms with van der Waals surface area (Å²) in [7, 11) is 0. The first-order valence-corrected chi connectivity index (χ1v) is 7.16. The van der Waals surface area contributed by atoms with Crippen molar-refractivity contribution < 1.29 is 9.53 Å². The van der Waals surface area contributed by atoms with Crippen molar-refractivity contribution in [2.24, 2.45) is 0 Å². The van der Waals surface area contributed by atoms with Crippen LogP contribution in [-0.4, -0.2) is 42.6 Å². The second kappa shape index (κ2) is 5.83. The van der Waals surface area contributed by atoms with Crippen molar-refractivity contribution in [1.82, 2.24) is 10.2 Å². The molecule has 0 bridgehead atoms. The van der Waals surface area contributed by atoms with Gasteiger partial charge >= 0.3 is 0 Å². The molecule has 0 aromatic heterocycles. The van der Waals surface area contributed by atoms with Gasteiger partial charge in [0, 0.05) is 26.2 Å². The van der Waals surface area contributed by atoms with E-state index >= 15 is 0 Å². The monoisotopic (exact) mass is 276 g/mol. The Morgan fingerprint density at radius 3 is 2.45 bits per heavy atom. The fourth-order valence-corrected chi connectivity index (χ4v) is 2.36. The third-order valence-corrected chi connectivity index (χ3v) is 3.77. The lowest BCUT2D eigenvalue weighted by atomic mass is 10.1. The van der Waals surface area contributed by atoms with Gasteiger partial charge in [0.2, 0.25) is 0 Å². The number of nitrogens with zero attached hydrogens (tertiary/aromatic N) is 1. The first kappa shape index (κ1) is 14.9. The van der Waals surface area contributed by atoms with Gasteiger partial charge in [-0.1, -0.05) is 6.07 Å². The van der Waals surface area contributed by atoms with Crippen LogP contribution in [0.5, 0.6) is 5.75 Å². The molecule has 0 radical (unpaired) electrons. The van der Waals surface area contributed by atoms with Gasteiger partial charge in [-0.2, -0.15) is 0 Å². The average molecular weight is 276 g/mol. The maximum Gasteiger partial charge on any atom is 0.266 e. The van der Waals surface area contributed by atoms with Crippen molar-refractivity contribution in [1.29, 1.82) is 0 Å². The molecule has 4 nitrogen and oxygen atoms in total. The van der Waals surface area contributed by atoms with Gasteiger partial charge in [0.25, 0.3) is 5.91 Å². The Bertz CT molecular complexity index is 491. The Labute approximate surface area is 121 Å². The molecule has 1 aliphatic heterocycles. The van der Waals surface area contributed by atoms with Crippen LogP contribution in [-0.2, 0) is 4.79 Å². The van der Waals surface area contributed by atoms with E-state index < -0.39 is 5.60 Å². The van der Waals surface area contributed by atoms with Crippen molar-refractivity contribution in [3.8, 4) is 5.75 Å². The molecular weight excluding hydrogens is 252 g/mol. The number of carbonyl (C=O) groups excluding carboxylic acids is 1. The summed E-state index contributed by atoms with van der Waals surface area (Å²) in [5.74, 6) is 0.804. The summed E-state index contributed by atoms with van der Waals surface area (Å²) in [6, 6.07) is 5.94. The molecule has 1 aromatic carbocycles. The molecule has 1 aliphatic rings. The molecule has 1 heterocycles. The van der Waals surface area contributed by atoms with E-state index in [1.807, 2.05) is 43.9 Å². The predicted molar refractivity (Wildman–Crippen MR) is 80.1 cm³/mol. The van der Waals surface area contributed by atoms with E-state index in [2.05, 4.69) is 12.2 Å². The SMILES string of the molecule is Cc1ccc(OC(C)(C)C(=O)N2CCNCC2)cc1C. The third-order valence-electron chi connectivity index (χ3n) is 3.77. The lowest BCUT2D eigenvalue weighted by Crippen LogP contribution is -2.54. The van der Waals surface area contributed by atoms with Gasteiger partial charge in [-0.15, -0.1) is 0 Å². The Hall–Kier alpha value is -1.55. The second-order valence-corrected chi connectivity index (χ2v) is 5.90. The van der Waals surface area contributed by atoms with E-state index in [0.29, 0.717) is 0 Å². The summed E-state index contributed by atoms with van der Waals surface area (Å²) in [5, 5.41) is 3.25. The molecule has 1 amide bonds. The molecule has 1 aromatic rings. The number of rotatable bonds is 3. The molecule has 0 aliphatic carbocycles. The van der Waals surface area contributed by atoms with E-state index in [-0.39, 0.29) is 5.91 Å². The number of benzene rings is 1. The smallest absolute Gasteiger partial charge is 0.266 e. The summed E-state index contributed by atoms with van der Waals surface area (Å²) in [6.07, 6.45) is 0. The molecule has 0 atom stereocenters. The Kier molecular flexibility index (Phi) is 4.33. The highest BCUT2D eigenvalue weighted by Crippen LogP contribution is 2.23. The third kappa shape index (κ3) is 3.31. The number of hydrogen-bond acceptors (Lipinski definition) is 3. The summed E-state index contributed by atoms with van der Waals surface area (Å²) in [4.78, 5) is 14.4. The number of hydrogen-bond donors (Lipinski definition) is 1. The highest BCUT2D eigenvalue weighted by Gasteiger charge is 2.34. The van der Waals surface area contributed by atoms with E-state index in [1.54, 1.807) is 0 Å². The molecule has 1 N–H and O–H groups in total. The number of carbonyl (C=O) groups is 1. The fourth-order valence-electron chi connectivity index (χ4n) is 2.36. The van der Waals surface area contributed by atoms with Crippen molar-refractivity contribution in [2.45, 2.75) is 33.3 Å². The van der Waals surface area contributed by atoms with Crippen molar-refractivity contribution in [3.63, 3.8) is 0 Å². The first-order valence-electron chi connectivity index (χ1n) is 7.16. The standard InChI is InChI=1S/C16H24N2O2/c1-12-5-6-14(11-13(12)2)20-16(3,4)15(19)18-9-7-17-8-10-18/h5-6,11,17H,7-10H2,1-4H3. The number of ether oxygens (including phenoxy) is 1. The molecule has 110 valence electrons. The molecule has 0 saturated carbocycles. The summed E-state index contributed by atoms with van der Waals surface area (Å²) < 4.78 is 5.94. The van der Waals surface area contributed by atoms with Crippen LogP contribution >= 0.6 is 0 Å². The minimum absolute atomic E-state index is 0.0530. The average Bonchev–Trinajstić information content (AvgIpc) is 2.43. The normalized spacial score (nSPS) is 16.1. The van der Waals surface area contributed by atoms with Crippen LogP contribution in [0.2, 0.25) is 0 Å². The van der Waals surface area contributed by atoms with E-state index in [1.165, 1.54) is 11.1 Å². The largest absolute Gasteiger partial charge is 0.478 e. The van der Waals surface area contributed by atoms with E-state index in [0.717, 1.165) is 31.9 Å². The van der Waals surface area contributed by atoms with Crippen molar-refractivity contribution in [2.75, 3.05) is 26.2 Å². The Balaban J connectivity index is 2.08. The van der Waals surface area contributed by atoms with Gasteiger partial charge in [0.1, 0.15) is 5.75 Å². The van der Waals surface area contributed by atoms with E-state index in [9.17, 15) is 4.79 Å². The molecule has 1 saturated heterocycles. The van der Waals surface area contributed by atoms with E-state index in [4.69, 9.17) is 4.74 Å². The zero-order chi connectivity index (χ0) is 14.8. The highest BCUT2D eigenvalue weighted by atomic mass is 16.5. The summed E-state index contributed by atoms with van der Waals surface area (Å²) in [6.45, 7) is 11.0. The van der Waals surface area contributed by atoms with Gasteiger partial charge in [-0.3, -0.25) is 4.79 Å². The molecule has 4 heteroatoms. The quantitative estimate of drug-likeness (QED) is 0.916. The molecule has 0 unspecified atom stereocenters. The number of piperazine rings is 1. The van der Waals surface area contributed by atoms with Crippen LogP contribution in [0, 0.1) is 13.8 Å². The number of amides is 1. The highest BCUT2D eigenvalue weighted by molar-refractivity contribution is 5.85. The van der Waals surface area contributed by atoms with Crippen LogP contribution in [0.4, 0.5) is 0 Å². The fraction of sp³-hybridized carbons (Fsp3) is 0.562. The lowest BCUT2D eigenvalue weighted by Gasteiger charge is -2.34. The molecule has 1 fully saturated rings. The van der Waals surface area contributed by atoms with Gasteiger partial charge < -0.3 is 15.0 Å². The molecule has 20 heavy (non-hydrogen) atoms. The molecule has 2 rings (SSSR count). The minimum atomic E-state index is -0.834. The Morgan fingerprint density at radius 1 is 1.20 bits per heavy atom. The first-order chi connectivity index (χ1) is 9.40. The van der Waals surface area contributed by atoms with Crippen LogP contribution in [0.3, 0.4) is 0 Å². The van der Waals surface area contributed by atoms with Crippen LogP contribution in [0.25, 0.3) is 0 Å². The molecule has 0 spiro atoms. The van der Waals surface area contributed by atoms with Crippen LogP contribution in [0.1, 0.15) is 25.0 Å². The van der Waals surface area contributed by atoms with Gasteiger partial charge in [-0.25, -0.2) is 0 Å². The van der Waals surface area contributed by atoms with Gasteiger partial charge in [0.05, 0.1) is 0 Å². The predicted octanol–water partition coefficient (Wildman–Crippen LogP) is 1.89. The zero-order valence-electron chi connectivity index (χ0n) is 12.8. The number of aryl methyl sites for hydroxylation is 2. The van der Waals surface area contributed by atoms with Gasteiger partial charge in [-0.05, 0) is 51.0 Å². The summed E-state index contributed by atoms with van der Waals surface area (Å²) in [5.41, 5.74) is 1.57. The van der Waals surface area contributed by atoms with Crippen molar-refractivity contribution >= 4 is 5.91 Å². The summed E-state index contributed by atoms with van der Waals surface area (Å²) >= 11 is 0. The minimum Gasteiger partial charge on any atom is -0.478 e. The maximum absolute atomic E-state index is 12.5. The number of nitrogens with one attached hydrogen (secondary N) is 1. The Morgan fingerprint density at radius 2 is 1.85 bits per heavy atom. The zero-order valence-corrected chi connectivity index (χ0v) is 12.8. The van der Waals surface area contributed by atoms with Crippen LogP contribution in [0.15, 0.2) is 18.2 Å². The van der Waals surface area contributed by atoms with Crippen molar-refractivity contribution in [3.05, 3.63) is 29.3 Å². The van der Waals surface area contributed by atoms with Crippen LogP contribution < -0.4 is 10.1 Å². The lowest BCUT2D eigenvalue weighted by molar-refractivity contribution is -0.146. The topological polar surface area (TPSA) is 41.6 Å². The van der Waals surface area contributed by atoms with Gasteiger partial charge in [0.15, 0.2) is 5.60 Å². The molecular formula is C16H24N2O2. The maximum atomic E-state index is 12.5.